The standard InChI is InChI=1S/C19H26ClN3O3S/c1-3-5-10-22(4-2)19(24)14-12-17-16(13-15(14)20)23-11-8-6-7-9-18(23)21-27(17,25)26/h12-13H,3-11H2,1-2H3. The first-order valence-electron chi connectivity index (χ1n) is 9.63. The third-order valence-corrected chi connectivity index (χ3v) is 6.76. The zero-order valence-corrected chi connectivity index (χ0v) is 17.4. The Kier molecular flexibility index (Phi) is 6.11. The molecule has 2 aliphatic rings. The summed E-state index contributed by atoms with van der Waals surface area (Å²) in [4.78, 5) is 16.7. The van der Waals surface area contributed by atoms with E-state index in [1.165, 1.54) is 6.07 Å². The number of unbranched alkanes of at least 4 members (excludes halogenated alkanes) is 1. The van der Waals surface area contributed by atoms with Crippen LogP contribution in [-0.2, 0) is 10.0 Å². The van der Waals surface area contributed by atoms with Crippen LogP contribution in [-0.4, -0.2) is 44.7 Å². The number of rotatable bonds is 5. The molecule has 0 radical (unpaired) electrons. The van der Waals surface area contributed by atoms with Gasteiger partial charge in [0.2, 0.25) is 0 Å². The summed E-state index contributed by atoms with van der Waals surface area (Å²) in [6.07, 6.45) is 5.44. The largest absolute Gasteiger partial charge is 0.339 e. The van der Waals surface area contributed by atoms with Gasteiger partial charge in [-0.1, -0.05) is 31.4 Å². The van der Waals surface area contributed by atoms with Crippen molar-refractivity contribution in [1.82, 2.24) is 4.90 Å². The van der Waals surface area contributed by atoms with E-state index in [2.05, 4.69) is 11.3 Å². The van der Waals surface area contributed by atoms with Crippen LogP contribution in [0.4, 0.5) is 5.69 Å². The molecule has 2 heterocycles. The van der Waals surface area contributed by atoms with E-state index >= 15 is 0 Å². The highest BCUT2D eigenvalue weighted by Crippen LogP contribution is 2.38. The van der Waals surface area contributed by atoms with Crippen LogP contribution in [0.1, 0.15) is 62.7 Å². The van der Waals surface area contributed by atoms with Gasteiger partial charge < -0.3 is 9.80 Å². The van der Waals surface area contributed by atoms with Gasteiger partial charge >= 0.3 is 0 Å². The van der Waals surface area contributed by atoms with Gasteiger partial charge in [0.1, 0.15) is 10.7 Å². The van der Waals surface area contributed by atoms with E-state index in [1.54, 1.807) is 11.0 Å². The minimum Gasteiger partial charge on any atom is -0.339 e. The molecular formula is C19H26ClN3O3S. The first kappa shape index (κ1) is 20.1. The minimum absolute atomic E-state index is 0.0763. The van der Waals surface area contributed by atoms with Gasteiger partial charge in [-0.25, -0.2) is 0 Å². The zero-order chi connectivity index (χ0) is 19.6. The molecule has 0 atom stereocenters. The van der Waals surface area contributed by atoms with E-state index in [0.717, 1.165) is 32.1 Å². The lowest BCUT2D eigenvalue weighted by atomic mass is 10.1. The van der Waals surface area contributed by atoms with Crippen LogP contribution in [0.15, 0.2) is 21.4 Å². The van der Waals surface area contributed by atoms with E-state index in [9.17, 15) is 13.2 Å². The Morgan fingerprint density at radius 1 is 1.26 bits per heavy atom. The van der Waals surface area contributed by atoms with Crippen LogP contribution in [0, 0.1) is 0 Å². The Morgan fingerprint density at radius 3 is 2.74 bits per heavy atom. The number of halogens is 1. The predicted molar refractivity (Wildman–Crippen MR) is 108 cm³/mol. The Bertz CT molecular complexity index is 867. The Balaban J connectivity index is 2.05. The van der Waals surface area contributed by atoms with Gasteiger partial charge in [0, 0.05) is 26.1 Å². The molecule has 2 aliphatic heterocycles. The average Bonchev–Trinajstić information content (AvgIpc) is 2.86. The number of hydrogen-bond donors (Lipinski definition) is 0. The quantitative estimate of drug-likeness (QED) is 0.731. The number of fused-ring (bicyclic) bond motifs is 3. The fraction of sp³-hybridized carbons (Fsp3) is 0.579. The molecule has 0 bridgehead atoms. The predicted octanol–water partition coefficient (Wildman–Crippen LogP) is 4.08. The number of benzene rings is 1. The summed E-state index contributed by atoms with van der Waals surface area (Å²) in [7, 11) is -3.83. The van der Waals surface area contributed by atoms with Gasteiger partial charge in [0.25, 0.3) is 15.9 Å². The molecule has 0 aromatic heterocycles. The van der Waals surface area contributed by atoms with Gasteiger partial charge in [-0.05, 0) is 38.3 Å². The molecule has 0 saturated carbocycles. The molecule has 148 valence electrons. The van der Waals surface area contributed by atoms with E-state index in [4.69, 9.17) is 11.6 Å². The number of anilines is 1. The summed E-state index contributed by atoms with van der Waals surface area (Å²) in [6, 6.07) is 3.03. The monoisotopic (exact) mass is 411 g/mol. The van der Waals surface area contributed by atoms with E-state index in [1.807, 2.05) is 11.8 Å². The summed E-state index contributed by atoms with van der Waals surface area (Å²) in [5.74, 6) is 0.341. The minimum atomic E-state index is -3.83. The van der Waals surface area contributed by atoms with Crippen molar-refractivity contribution in [2.45, 2.75) is 57.3 Å². The molecule has 1 fully saturated rings. The van der Waals surface area contributed by atoms with Crippen molar-refractivity contribution in [3.8, 4) is 0 Å². The molecule has 0 spiro atoms. The maximum atomic E-state index is 12.9. The van der Waals surface area contributed by atoms with E-state index in [-0.39, 0.29) is 21.4 Å². The summed E-state index contributed by atoms with van der Waals surface area (Å²) in [6.45, 7) is 5.86. The molecule has 1 saturated heterocycles. The Morgan fingerprint density at radius 2 is 2.04 bits per heavy atom. The molecule has 27 heavy (non-hydrogen) atoms. The molecule has 3 rings (SSSR count). The average molecular weight is 412 g/mol. The number of amides is 1. The number of carbonyl (C=O) groups excluding carboxylic acids is 1. The normalized spacial score (nSPS) is 18.2. The first-order chi connectivity index (χ1) is 12.9. The molecule has 0 unspecified atom stereocenters. The van der Waals surface area contributed by atoms with Crippen molar-refractivity contribution in [3.05, 3.63) is 22.7 Å². The number of sulfonamides is 1. The fourth-order valence-electron chi connectivity index (χ4n) is 3.58. The van der Waals surface area contributed by atoms with Crippen LogP contribution < -0.4 is 4.90 Å². The molecule has 0 aliphatic carbocycles. The number of carbonyl (C=O) groups is 1. The maximum Gasteiger partial charge on any atom is 0.286 e. The van der Waals surface area contributed by atoms with Gasteiger partial charge in [0.05, 0.1) is 16.3 Å². The van der Waals surface area contributed by atoms with Crippen molar-refractivity contribution in [1.29, 1.82) is 0 Å². The molecule has 1 aromatic rings. The Labute approximate surface area is 166 Å². The lowest BCUT2D eigenvalue weighted by molar-refractivity contribution is 0.0762. The molecule has 1 aromatic carbocycles. The first-order valence-corrected chi connectivity index (χ1v) is 11.4. The second kappa shape index (κ2) is 8.19. The lowest BCUT2D eigenvalue weighted by Gasteiger charge is -2.30. The van der Waals surface area contributed by atoms with E-state index < -0.39 is 10.0 Å². The van der Waals surface area contributed by atoms with Crippen LogP contribution in [0.5, 0.6) is 0 Å². The van der Waals surface area contributed by atoms with Crippen molar-refractivity contribution >= 4 is 39.1 Å². The highest BCUT2D eigenvalue weighted by Gasteiger charge is 2.33. The Hall–Kier alpha value is -1.60. The molecule has 0 N–H and O–H groups in total. The van der Waals surface area contributed by atoms with Crippen molar-refractivity contribution < 1.29 is 13.2 Å². The third kappa shape index (κ3) is 3.99. The lowest BCUT2D eigenvalue weighted by Crippen LogP contribution is -2.36. The topological polar surface area (TPSA) is 70.1 Å². The van der Waals surface area contributed by atoms with Gasteiger partial charge in [0.15, 0.2) is 0 Å². The number of hydrogen-bond acceptors (Lipinski definition) is 4. The van der Waals surface area contributed by atoms with Gasteiger partial charge in [-0.15, -0.1) is 4.40 Å². The molecular weight excluding hydrogens is 386 g/mol. The van der Waals surface area contributed by atoms with Gasteiger partial charge in [-0.3, -0.25) is 4.79 Å². The SMILES string of the molecule is CCCCN(CC)C(=O)c1cc2c(cc1Cl)N1CCCCCC1=NS2(=O)=O. The zero-order valence-electron chi connectivity index (χ0n) is 15.9. The summed E-state index contributed by atoms with van der Waals surface area (Å²) < 4.78 is 29.5. The molecule has 6 nitrogen and oxygen atoms in total. The van der Waals surface area contributed by atoms with Crippen molar-refractivity contribution in [3.63, 3.8) is 0 Å². The summed E-state index contributed by atoms with van der Waals surface area (Å²) in [5, 5.41) is 0.286. The van der Waals surface area contributed by atoms with Crippen LogP contribution >= 0.6 is 11.6 Å². The van der Waals surface area contributed by atoms with Crippen LogP contribution in [0.3, 0.4) is 0 Å². The van der Waals surface area contributed by atoms with E-state index in [0.29, 0.717) is 37.6 Å². The second-order valence-electron chi connectivity index (χ2n) is 6.98. The third-order valence-electron chi connectivity index (χ3n) is 5.12. The number of amidine groups is 1. The smallest absolute Gasteiger partial charge is 0.286 e. The summed E-state index contributed by atoms with van der Waals surface area (Å²) in [5.41, 5.74) is 0.769. The van der Waals surface area contributed by atoms with Crippen LogP contribution in [0.2, 0.25) is 5.02 Å². The highest BCUT2D eigenvalue weighted by atomic mass is 35.5. The molecule has 1 amide bonds. The second-order valence-corrected chi connectivity index (χ2v) is 8.96. The highest BCUT2D eigenvalue weighted by molar-refractivity contribution is 7.90. The summed E-state index contributed by atoms with van der Waals surface area (Å²) >= 11 is 6.45. The van der Waals surface area contributed by atoms with Crippen molar-refractivity contribution in [2.75, 3.05) is 24.5 Å². The fourth-order valence-corrected chi connectivity index (χ4v) is 5.09. The van der Waals surface area contributed by atoms with Crippen LogP contribution in [0.25, 0.3) is 0 Å². The maximum absolute atomic E-state index is 12.9. The van der Waals surface area contributed by atoms with Crippen molar-refractivity contribution in [2.24, 2.45) is 4.40 Å². The molecule has 8 heteroatoms. The van der Waals surface area contributed by atoms with Gasteiger partial charge in [-0.2, -0.15) is 8.42 Å². The number of nitrogens with zero attached hydrogens (tertiary/aromatic N) is 3.